The molecule has 1 aromatic heterocycles. The Morgan fingerprint density at radius 1 is 1.13 bits per heavy atom. The smallest absolute Gasteiger partial charge is 0.326 e. The van der Waals surface area contributed by atoms with Gasteiger partial charge in [0.05, 0.1) is 6.04 Å². The number of hydrogen-bond donors (Lipinski definition) is 4. The predicted octanol–water partition coefficient (Wildman–Crippen LogP) is 2.03. The topological polar surface area (TPSA) is 130 Å². The number of amides is 1. The number of rotatable bonds is 5. The van der Waals surface area contributed by atoms with Crippen molar-refractivity contribution in [3.8, 4) is 5.75 Å². The van der Waals surface area contributed by atoms with Gasteiger partial charge in [-0.05, 0) is 48.1 Å². The summed E-state index contributed by atoms with van der Waals surface area (Å²) in [6, 6.07) is 15.5. The van der Waals surface area contributed by atoms with E-state index in [1.807, 2.05) is 53.5 Å². The molecule has 8 nitrogen and oxygen atoms in total. The first-order chi connectivity index (χ1) is 14.5. The lowest BCUT2D eigenvalue weighted by Crippen LogP contribution is -2.36. The number of aromatic nitrogens is 2. The molecule has 2 aromatic carbocycles. The molecule has 0 aliphatic heterocycles. The number of carbonyl (C=O) groups excluding carboxylic acids is 1. The molecule has 0 bridgehead atoms. The van der Waals surface area contributed by atoms with Gasteiger partial charge in [0.2, 0.25) is 0 Å². The Hall–Kier alpha value is -3.81. The Bertz CT molecular complexity index is 1180. The van der Waals surface area contributed by atoms with Gasteiger partial charge in [0.15, 0.2) is 0 Å². The van der Waals surface area contributed by atoms with Gasteiger partial charge in [-0.2, -0.15) is 0 Å². The number of aryl methyl sites for hydroxylation is 1. The monoisotopic (exact) mass is 406 g/mol. The lowest BCUT2D eigenvalue weighted by molar-refractivity contribution is 0.0928. The summed E-state index contributed by atoms with van der Waals surface area (Å²) >= 11 is 0. The van der Waals surface area contributed by atoms with E-state index in [-0.39, 0.29) is 17.4 Å². The van der Waals surface area contributed by atoms with Gasteiger partial charge in [0, 0.05) is 0 Å². The highest BCUT2D eigenvalue weighted by Crippen LogP contribution is 2.32. The summed E-state index contributed by atoms with van der Waals surface area (Å²) < 4.78 is 5.90. The maximum absolute atomic E-state index is 12.6. The van der Waals surface area contributed by atoms with E-state index in [4.69, 9.17) is 10.5 Å². The molecular formula is C22H22N4O4. The van der Waals surface area contributed by atoms with Crippen LogP contribution >= 0.6 is 0 Å². The zero-order chi connectivity index (χ0) is 21.1. The molecule has 8 heteroatoms. The van der Waals surface area contributed by atoms with Crippen LogP contribution in [0.3, 0.4) is 0 Å². The highest BCUT2D eigenvalue weighted by atomic mass is 16.5. The summed E-state index contributed by atoms with van der Waals surface area (Å²) in [5, 5.41) is 2.88. The van der Waals surface area contributed by atoms with Crippen LogP contribution in [0.2, 0.25) is 0 Å². The van der Waals surface area contributed by atoms with E-state index in [0.29, 0.717) is 6.61 Å². The Morgan fingerprint density at radius 3 is 2.73 bits per heavy atom. The van der Waals surface area contributed by atoms with Crippen LogP contribution in [0.1, 0.15) is 46.1 Å². The van der Waals surface area contributed by atoms with E-state index in [9.17, 15) is 14.4 Å². The highest BCUT2D eigenvalue weighted by Gasteiger charge is 2.24. The van der Waals surface area contributed by atoms with Crippen LogP contribution in [0.4, 0.5) is 5.69 Å². The summed E-state index contributed by atoms with van der Waals surface area (Å²) in [5.41, 5.74) is 6.75. The largest absolute Gasteiger partial charge is 0.489 e. The molecule has 1 amide bonds. The van der Waals surface area contributed by atoms with E-state index in [1.54, 1.807) is 0 Å². The lowest BCUT2D eigenvalue weighted by atomic mass is 9.87. The van der Waals surface area contributed by atoms with E-state index < -0.39 is 17.2 Å². The molecular weight excluding hydrogens is 384 g/mol. The summed E-state index contributed by atoms with van der Waals surface area (Å²) in [6.45, 7) is 0.481. The predicted molar refractivity (Wildman–Crippen MR) is 112 cm³/mol. The molecule has 1 atom stereocenters. The van der Waals surface area contributed by atoms with Crippen molar-refractivity contribution in [2.45, 2.75) is 31.9 Å². The second-order valence-electron chi connectivity index (χ2n) is 7.25. The number of ether oxygens (including phenoxy) is 1. The van der Waals surface area contributed by atoms with Gasteiger partial charge in [-0.15, -0.1) is 0 Å². The fraction of sp³-hybridized carbons (Fsp3) is 0.227. The van der Waals surface area contributed by atoms with Crippen LogP contribution in [-0.2, 0) is 13.0 Å². The van der Waals surface area contributed by atoms with E-state index in [1.165, 1.54) is 0 Å². The molecule has 0 unspecified atom stereocenters. The zero-order valence-electron chi connectivity index (χ0n) is 16.2. The van der Waals surface area contributed by atoms with Crippen molar-refractivity contribution < 1.29 is 9.53 Å². The fourth-order valence-corrected chi connectivity index (χ4v) is 3.68. The molecule has 0 saturated heterocycles. The third-order valence-corrected chi connectivity index (χ3v) is 5.19. The second-order valence-corrected chi connectivity index (χ2v) is 7.25. The quantitative estimate of drug-likeness (QED) is 0.515. The fourth-order valence-electron chi connectivity index (χ4n) is 3.68. The van der Waals surface area contributed by atoms with Gasteiger partial charge < -0.3 is 20.8 Å². The summed E-state index contributed by atoms with van der Waals surface area (Å²) in [7, 11) is 0. The molecule has 30 heavy (non-hydrogen) atoms. The third kappa shape index (κ3) is 4.12. The molecule has 154 valence electrons. The number of fused-ring (bicyclic) bond motifs is 1. The third-order valence-electron chi connectivity index (χ3n) is 5.19. The van der Waals surface area contributed by atoms with Gasteiger partial charge in [-0.1, -0.05) is 36.4 Å². The molecule has 5 N–H and O–H groups in total. The summed E-state index contributed by atoms with van der Waals surface area (Å²) in [5.74, 6) is 0.186. The number of aromatic amines is 2. The minimum Gasteiger partial charge on any atom is -0.489 e. The Morgan fingerprint density at radius 2 is 1.93 bits per heavy atom. The number of nitrogens with one attached hydrogen (secondary N) is 3. The van der Waals surface area contributed by atoms with E-state index >= 15 is 0 Å². The average Bonchev–Trinajstić information content (AvgIpc) is 2.75. The zero-order valence-corrected chi connectivity index (χ0v) is 16.2. The van der Waals surface area contributed by atoms with Crippen molar-refractivity contribution in [2.75, 3.05) is 5.73 Å². The van der Waals surface area contributed by atoms with E-state index in [2.05, 4.69) is 10.3 Å². The van der Waals surface area contributed by atoms with Gasteiger partial charge in [0.1, 0.15) is 23.7 Å². The first-order valence-electron chi connectivity index (χ1n) is 9.74. The van der Waals surface area contributed by atoms with Crippen LogP contribution in [-0.4, -0.2) is 15.9 Å². The van der Waals surface area contributed by atoms with Crippen LogP contribution < -0.4 is 27.0 Å². The van der Waals surface area contributed by atoms with Gasteiger partial charge in [-0.3, -0.25) is 14.6 Å². The highest BCUT2D eigenvalue weighted by molar-refractivity contribution is 5.97. The Balaban J connectivity index is 1.51. The summed E-state index contributed by atoms with van der Waals surface area (Å²) in [4.78, 5) is 40.1. The van der Waals surface area contributed by atoms with Gasteiger partial charge >= 0.3 is 5.69 Å². The molecule has 1 heterocycles. The SMILES string of the molecule is Nc1c(C(=O)N[C@@H]2CCCc3cc(OCc4ccccc4)ccc32)[nH]c(=O)[nH]c1=O. The molecule has 0 fully saturated rings. The van der Waals surface area contributed by atoms with Crippen LogP contribution in [0, 0.1) is 0 Å². The van der Waals surface area contributed by atoms with Crippen molar-refractivity contribution in [1.82, 2.24) is 15.3 Å². The van der Waals surface area contributed by atoms with Crippen molar-refractivity contribution in [1.29, 1.82) is 0 Å². The maximum atomic E-state index is 12.6. The number of hydrogen-bond acceptors (Lipinski definition) is 5. The standard InChI is InChI=1S/C22H22N4O4/c23-18-19(25-22(29)26-20(18)27)21(28)24-17-8-4-7-14-11-15(9-10-16(14)17)30-12-13-5-2-1-3-6-13/h1-3,5-6,9-11,17H,4,7-8,12,23H2,(H,24,28)(H2,25,26,27,29)/t17-/m1/s1. The average molecular weight is 406 g/mol. The van der Waals surface area contributed by atoms with Gasteiger partial charge in [-0.25, -0.2) is 4.79 Å². The number of H-pyrrole nitrogens is 2. The summed E-state index contributed by atoms with van der Waals surface area (Å²) in [6.07, 6.45) is 2.52. The van der Waals surface area contributed by atoms with Crippen molar-refractivity contribution in [3.63, 3.8) is 0 Å². The Kier molecular flexibility index (Phi) is 5.38. The number of carbonyl (C=O) groups is 1. The van der Waals surface area contributed by atoms with Crippen LogP contribution in [0.25, 0.3) is 0 Å². The molecule has 1 aliphatic rings. The Labute approximate surface area is 172 Å². The molecule has 4 rings (SSSR count). The molecule has 0 saturated carbocycles. The van der Waals surface area contributed by atoms with Crippen LogP contribution in [0.5, 0.6) is 5.75 Å². The number of nitrogen functional groups attached to an aromatic ring is 1. The van der Waals surface area contributed by atoms with Crippen molar-refractivity contribution >= 4 is 11.6 Å². The normalized spacial score (nSPS) is 15.3. The number of anilines is 1. The second kappa shape index (κ2) is 8.28. The minimum absolute atomic E-state index is 0.223. The van der Waals surface area contributed by atoms with Gasteiger partial charge in [0.25, 0.3) is 11.5 Å². The van der Waals surface area contributed by atoms with Crippen LogP contribution in [0.15, 0.2) is 58.1 Å². The maximum Gasteiger partial charge on any atom is 0.326 e. The first kappa shape index (κ1) is 19.5. The van der Waals surface area contributed by atoms with Crippen molar-refractivity contribution in [2.24, 2.45) is 0 Å². The number of benzene rings is 2. The molecule has 0 radical (unpaired) electrons. The molecule has 0 spiro atoms. The lowest BCUT2D eigenvalue weighted by Gasteiger charge is -2.27. The minimum atomic E-state index is -0.784. The molecule has 3 aromatic rings. The first-order valence-corrected chi connectivity index (χ1v) is 9.74. The molecule has 1 aliphatic carbocycles. The number of nitrogens with two attached hydrogens (primary N) is 1. The van der Waals surface area contributed by atoms with E-state index in [0.717, 1.165) is 41.7 Å². The van der Waals surface area contributed by atoms with Crippen molar-refractivity contribution in [3.05, 3.63) is 91.8 Å².